The Morgan fingerprint density at radius 2 is 2.11 bits per heavy atom. The van der Waals surface area contributed by atoms with Crippen LogP contribution in [0.2, 0.25) is 0 Å². The van der Waals surface area contributed by atoms with Crippen LogP contribution in [0.4, 0.5) is 8.78 Å². The Balaban J connectivity index is 1.84. The van der Waals surface area contributed by atoms with Gasteiger partial charge in [0, 0.05) is 20.0 Å². The second kappa shape index (κ2) is 8.29. The maximum atomic E-state index is 14.9. The van der Waals surface area contributed by atoms with E-state index in [1.807, 2.05) is 18.9 Å². The fourth-order valence-electron chi connectivity index (χ4n) is 5.62. The van der Waals surface area contributed by atoms with Crippen LogP contribution in [0.5, 0.6) is 0 Å². The Morgan fingerprint density at radius 3 is 2.75 bits per heavy atom. The zero-order chi connectivity index (χ0) is 20.5. The first-order chi connectivity index (χ1) is 13.3. The van der Waals surface area contributed by atoms with Crippen molar-refractivity contribution in [1.82, 2.24) is 9.80 Å². The highest BCUT2D eigenvalue weighted by Crippen LogP contribution is 2.45. The van der Waals surface area contributed by atoms with E-state index in [0.717, 1.165) is 38.6 Å². The molecule has 0 bridgehead atoms. The summed E-state index contributed by atoms with van der Waals surface area (Å²) in [5.74, 6) is 0.135. The van der Waals surface area contributed by atoms with Crippen molar-refractivity contribution < 1.29 is 13.5 Å². The van der Waals surface area contributed by atoms with E-state index in [0.29, 0.717) is 43.6 Å². The van der Waals surface area contributed by atoms with Gasteiger partial charge in [0.1, 0.15) is 24.3 Å². The van der Waals surface area contributed by atoms with E-state index in [2.05, 4.69) is 30.7 Å². The zero-order valence-electron chi connectivity index (χ0n) is 18.2. The molecule has 0 aliphatic carbocycles. The van der Waals surface area contributed by atoms with Crippen molar-refractivity contribution in [2.75, 3.05) is 26.7 Å². The molecule has 160 valence electrons. The molecule has 0 aromatic carbocycles. The van der Waals surface area contributed by atoms with Crippen molar-refractivity contribution >= 4 is 6.02 Å². The predicted octanol–water partition coefficient (Wildman–Crippen LogP) is 5.06. The van der Waals surface area contributed by atoms with E-state index in [9.17, 15) is 8.78 Å². The Morgan fingerprint density at radius 1 is 1.36 bits per heavy atom. The number of allylic oxidation sites excluding steroid dienone is 1. The van der Waals surface area contributed by atoms with Gasteiger partial charge in [0.05, 0.1) is 11.1 Å². The van der Waals surface area contributed by atoms with Gasteiger partial charge in [-0.3, -0.25) is 4.90 Å². The minimum Gasteiger partial charge on any atom is -0.463 e. The fourth-order valence-corrected chi connectivity index (χ4v) is 5.62. The quantitative estimate of drug-likeness (QED) is 0.601. The molecular weight excluding hydrogens is 360 g/mol. The van der Waals surface area contributed by atoms with Gasteiger partial charge in [0.15, 0.2) is 0 Å². The van der Waals surface area contributed by atoms with Crippen molar-refractivity contribution in [1.29, 1.82) is 0 Å². The van der Waals surface area contributed by atoms with Gasteiger partial charge in [-0.1, -0.05) is 33.6 Å². The van der Waals surface area contributed by atoms with Gasteiger partial charge < -0.3 is 9.64 Å². The summed E-state index contributed by atoms with van der Waals surface area (Å²) in [7, 11) is 1.96. The lowest BCUT2D eigenvalue weighted by Gasteiger charge is -2.41. The Bertz CT molecular complexity index is 637. The SMILES string of the molecule is CCCC(CC)C1(C)/C(=C(/F)CC)N=C(OC[C@@]23CCCN2C[C@H](F)C3)N1C. The molecule has 28 heavy (non-hydrogen) atoms. The van der Waals surface area contributed by atoms with Crippen LogP contribution in [0, 0.1) is 5.92 Å². The lowest BCUT2D eigenvalue weighted by atomic mass is 9.77. The van der Waals surface area contributed by atoms with Crippen molar-refractivity contribution in [3.05, 3.63) is 11.5 Å². The topological polar surface area (TPSA) is 28.1 Å². The molecule has 0 radical (unpaired) electrons. The van der Waals surface area contributed by atoms with E-state index in [1.54, 1.807) is 0 Å². The molecule has 4 atom stereocenters. The third-order valence-electron chi connectivity index (χ3n) is 7.39. The monoisotopic (exact) mass is 397 g/mol. The Labute approximate surface area is 169 Å². The minimum atomic E-state index is -0.778. The molecular formula is C22H37F2N3O. The van der Waals surface area contributed by atoms with E-state index < -0.39 is 11.7 Å². The van der Waals surface area contributed by atoms with Crippen molar-refractivity contribution in [3.63, 3.8) is 0 Å². The maximum Gasteiger partial charge on any atom is 0.293 e. The molecule has 0 spiro atoms. The minimum absolute atomic E-state index is 0.159. The van der Waals surface area contributed by atoms with Crippen molar-refractivity contribution in [2.45, 2.75) is 89.9 Å². The predicted molar refractivity (Wildman–Crippen MR) is 110 cm³/mol. The van der Waals surface area contributed by atoms with Crippen LogP contribution in [0.3, 0.4) is 0 Å². The number of hydrogen-bond donors (Lipinski definition) is 0. The van der Waals surface area contributed by atoms with E-state index in [1.165, 1.54) is 0 Å². The van der Waals surface area contributed by atoms with E-state index >= 15 is 0 Å². The van der Waals surface area contributed by atoms with Gasteiger partial charge >= 0.3 is 0 Å². The molecule has 3 aliphatic heterocycles. The summed E-state index contributed by atoms with van der Waals surface area (Å²) in [4.78, 5) is 8.91. The highest BCUT2D eigenvalue weighted by atomic mass is 19.1. The van der Waals surface area contributed by atoms with Crippen LogP contribution in [0.1, 0.15) is 72.6 Å². The standard InChI is InChI=1S/C22H37F2N3O/c1-6-10-16(7-2)21(4)19(18(24)8-3)25-20(26(21)5)28-15-22-11-9-12-27(22)14-17(23)13-22/h16-17H,6-15H2,1-5H3/b19-18-/t16?,17-,21?,22+/m1/s1. The molecule has 6 heteroatoms. The molecule has 0 N–H and O–H groups in total. The average molecular weight is 398 g/mol. The smallest absolute Gasteiger partial charge is 0.293 e. The molecule has 4 nitrogen and oxygen atoms in total. The largest absolute Gasteiger partial charge is 0.463 e. The van der Waals surface area contributed by atoms with E-state index in [-0.39, 0.29) is 11.4 Å². The second-order valence-corrected chi connectivity index (χ2v) is 8.97. The second-order valence-electron chi connectivity index (χ2n) is 8.97. The Hall–Kier alpha value is -1.17. The fraction of sp³-hybridized carbons (Fsp3) is 0.864. The number of likely N-dealkylation sites (N-methyl/N-ethyl adjacent to an activating group) is 1. The highest BCUT2D eigenvalue weighted by Gasteiger charge is 2.52. The molecule has 2 fully saturated rings. The summed E-state index contributed by atoms with van der Waals surface area (Å²) < 4.78 is 35.1. The van der Waals surface area contributed by atoms with Crippen LogP contribution in [0.15, 0.2) is 16.5 Å². The molecule has 3 heterocycles. The van der Waals surface area contributed by atoms with Gasteiger partial charge in [0.25, 0.3) is 6.02 Å². The third kappa shape index (κ3) is 3.46. The number of aliphatic imine (C=N–C) groups is 1. The summed E-state index contributed by atoms with van der Waals surface area (Å²) in [5.41, 5.74) is -0.211. The number of nitrogens with zero attached hydrogens (tertiary/aromatic N) is 3. The average Bonchev–Trinajstić information content (AvgIpc) is 3.27. The van der Waals surface area contributed by atoms with Crippen LogP contribution in [0.25, 0.3) is 0 Å². The molecule has 0 aromatic rings. The molecule has 3 rings (SSSR count). The molecule has 0 aromatic heterocycles. The number of alkyl halides is 1. The number of ether oxygens (including phenoxy) is 1. The zero-order valence-corrected chi connectivity index (χ0v) is 18.2. The molecule has 3 aliphatic rings. The first-order valence-corrected chi connectivity index (χ1v) is 11.1. The number of fused-ring (bicyclic) bond motifs is 1. The molecule has 2 saturated heterocycles. The third-order valence-corrected chi connectivity index (χ3v) is 7.39. The highest BCUT2D eigenvalue weighted by molar-refractivity contribution is 5.80. The maximum absolute atomic E-state index is 14.9. The summed E-state index contributed by atoms with van der Waals surface area (Å²) in [5, 5.41) is 0. The van der Waals surface area contributed by atoms with E-state index in [4.69, 9.17) is 4.74 Å². The lowest BCUT2D eigenvalue weighted by molar-refractivity contribution is 0.0800. The Kier molecular flexibility index (Phi) is 6.38. The first-order valence-electron chi connectivity index (χ1n) is 11.1. The van der Waals surface area contributed by atoms with Gasteiger partial charge in [0.2, 0.25) is 0 Å². The van der Waals surface area contributed by atoms with Crippen molar-refractivity contribution in [3.8, 4) is 0 Å². The number of rotatable bonds is 7. The van der Waals surface area contributed by atoms with Gasteiger partial charge in [-0.05, 0) is 45.1 Å². The normalized spacial score (nSPS) is 35.9. The summed E-state index contributed by atoms with van der Waals surface area (Å²) in [6.07, 6.45) is 5.15. The molecule has 2 unspecified atom stereocenters. The lowest BCUT2D eigenvalue weighted by Crippen LogP contribution is -2.51. The number of amidine groups is 1. The van der Waals surface area contributed by atoms with Gasteiger partial charge in [-0.25, -0.2) is 8.78 Å². The van der Waals surface area contributed by atoms with Gasteiger partial charge in [-0.2, -0.15) is 4.99 Å². The molecule has 0 saturated carbocycles. The van der Waals surface area contributed by atoms with Crippen LogP contribution in [-0.4, -0.2) is 59.8 Å². The van der Waals surface area contributed by atoms with Crippen molar-refractivity contribution in [2.24, 2.45) is 10.9 Å². The molecule has 0 amide bonds. The summed E-state index contributed by atoms with van der Waals surface area (Å²) in [6, 6.07) is 0.485. The van der Waals surface area contributed by atoms with Crippen LogP contribution < -0.4 is 0 Å². The van der Waals surface area contributed by atoms with Crippen LogP contribution >= 0.6 is 0 Å². The first kappa shape index (κ1) is 21.5. The van der Waals surface area contributed by atoms with Gasteiger partial charge in [-0.15, -0.1) is 0 Å². The van der Waals surface area contributed by atoms with Crippen LogP contribution in [-0.2, 0) is 4.74 Å². The number of hydrogen-bond acceptors (Lipinski definition) is 4. The number of halogens is 2. The summed E-state index contributed by atoms with van der Waals surface area (Å²) >= 11 is 0. The summed E-state index contributed by atoms with van der Waals surface area (Å²) in [6.45, 7) is 10.1.